The summed E-state index contributed by atoms with van der Waals surface area (Å²) in [5, 5.41) is 3.65. The molecule has 1 heterocycles. The monoisotopic (exact) mass is 624 g/mol. The molecule has 1 saturated heterocycles. The lowest BCUT2D eigenvalue weighted by molar-refractivity contribution is -0.00701. The van der Waals surface area contributed by atoms with E-state index in [1.165, 1.54) is 12.8 Å². The molecule has 2 aromatic carbocycles. The van der Waals surface area contributed by atoms with Crippen LogP contribution in [-0.2, 0) is 35.7 Å². The Balaban J connectivity index is 1.16. The minimum Gasteiger partial charge on any atom is -0.487 e. The number of nitrogens with zero attached hydrogens (tertiary/aromatic N) is 1. The van der Waals surface area contributed by atoms with Crippen molar-refractivity contribution in [3.8, 4) is 5.75 Å². The number of fused-ring (bicyclic) bond motifs is 4. The van der Waals surface area contributed by atoms with Crippen LogP contribution in [0.25, 0.3) is 0 Å². The van der Waals surface area contributed by atoms with Crippen LogP contribution in [0.4, 0.5) is 5.69 Å². The molecule has 248 valence electrons. The SMILES string of the molecule is COCCOCCOCCOCCOCCNc1c(OCc2ccccc2)ccc2c1[C@]1(C)CCN(CC3CC3)[C@H](C2=O)[C@@H]1C. The first-order valence-electron chi connectivity index (χ1n) is 16.7. The molecule has 45 heavy (non-hydrogen) atoms. The molecule has 0 aromatic heterocycles. The minimum atomic E-state index is -0.130. The van der Waals surface area contributed by atoms with Crippen LogP contribution in [0.2, 0.25) is 0 Å². The molecule has 3 atom stereocenters. The molecular formula is C36H52N2O7. The number of methoxy groups -OCH3 is 1. The Morgan fingerprint density at radius 3 is 2.16 bits per heavy atom. The van der Waals surface area contributed by atoms with Gasteiger partial charge in [-0.2, -0.15) is 0 Å². The topological polar surface area (TPSA) is 87.7 Å². The second kappa shape index (κ2) is 16.9. The molecule has 9 heteroatoms. The van der Waals surface area contributed by atoms with Crippen molar-refractivity contribution in [1.82, 2.24) is 4.90 Å². The van der Waals surface area contributed by atoms with Crippen LogP contribution in [-0.4, -0.2) is 103 Å². The van der Waals surface area contributed by atoms with Gasteiger partial charge in [-0.3, -0.25) is 9.69 Å². The number of rotatable bonds is 21. The van der Waals surface area contributed by atoms with Crippen LogP contribution in [0.3, 0.4) is 0 Å². The molecule has 2 bridgehead atoms. The van der Waals surface area contributed by atoms with Gasteiger partial charge in [0.2, 0.25) is 0 Å². The summed E-state index contributed by atoms with van der Waals surface area (Å²) in [5.74, 6) is 2.02. The zero-order valence-corrected chi connectivity index (χ0v) is 27.4. The van der Waals surface area contributed by atoms with E-state index in [2.05, 4.69) is 36.2 Å². The van der Waals surface area contributed by atoms with E-state index in [-0.39, 0.29) is 23.2 Å². The van der Waals surface area contributed by atoms with Gasteiger partial charge in [0.25, 0.3) is 0 Å². The summed E-state index contributed by atoms with van der Waals surface area (Å²) in [5.41, 5.74) is 3.86. The molecule has 2 aromatic rings. The molecule has 5 rings (SSSR count). The van der Waals surface area contributed by atoms with Gasteiger partial charge in [-0.1, -0.05) is 44.2 Å². The first kappa shape index (κ1) is 33.8. The summed E-state index contributed by atoms with van der Waals surface area (Å²) >= 11 is 0. The first-order chi connectivity index (χ1) is 22.0. The van der Waals surface area contributed by atoms with Crippen LogP contribution in [0, 0.1) is 11.8 Å². The van der Waals surface area contributed by atoms with Crippen LogP contribution in [0.5, 0.6) is 5.75 Å². The maximum Gasteiger partial charge on any atom is 0.180 e. The molecule has 0 spiro atoms. The lowest BCUT2D eigenvalue weighted by Crippen LogP contribution is -2.61. The van der Waals surface area contributed by atoms with E-state index in [0.717, 1.165) is 53.6 Å². The number of Topliss-reactive ketones (excluding diaryl/α,β-unsaturated/α-hetero) is 1. The van der Waals surface area contributed by atoms with E-state index in [0.29, 0.717) is 72.6 Å². The average Bonchev–Trinajstić information content (AvgIpc) is 3.87. The molecule has 2 aliphatic carbocycles. The van der Waals surface area contributed by atoms with Gasteiger partial charge in [0.05, 0.1) is 71.2 Å². The number of hydrogen-bond acceptors (Lipinski definition) is 9. The second-order valence-electron chi connectivity index (χ2n) is 12.7. The fourth-order valence-electron chi connectivity index (χ4n) is 6.71. The predicted molar refractivity (Wildman–Crippen MR) is 174 cm³/mol. The largest absolute Gasteiger partial charge is 0.487 e. The Hall–Kier alpha value is -2.53. The molecule has 2 fully saturated rings. The average molecular weight is 625 g/mol. The van der Waals surface area contributed by atoms with Crippen LogP contribution in [0.1, 0.15) is 54.6 Å². The number of anilines is 1. The number of hydrogen-bond donors (Lipinski definition) is 1. The quantitative estimate of drug-likeness (QED) is 0.194. The zero-order chi connectivity index (χ0) is 31.5. The number of piperidine rings is 1. The van der Waals surface area contributed by atoms with Crippen LogP contribution in [0.15, 0.2) is 42.5 Å². The highest BCUT2D eigenvalue weighted by atomic mass is 16.6. The zero-order valence-electron chi connectivity index (χ0n) is 27.4. The van der Waals surface area contributed by atoms with Crippen molar-refractivity contribution in [3.05, 3.63) is 59.2 Å². The van der Waals surface area contributed by atoms with E-state index >= 15 is 0 Å². The molecule has 0 amide bonds. The third-order valence-electron chi connectivity index (χ3n) is 9.59. The van der Waals surface area contributed by atoms with Gasteiger partial charge in [0.15, 0.2) is 5.78 Å². The summed E-state index contributed by atoms with van der Waals surface area (Å²) in [6.45, 7) is 12.5. The van der Waals surface area contributed by atoms with Crippen molar-refractivity contribution in [3.63, 3.8) is 0 Å². The van der Waals surface area contributed by atoms with Gasteiger partial charge < -0.3 is 33.7 Å². The van der Waals surface area contributed by atoms with Crippen molar-refractivity contribution in [2.75, 3.05) is 91.5 Å². The number of nitrogens with one attached hydrogen (secondary N) is 1. The van der Waals surface area contributed by atoms with Gasteiger partial charge in [0.1, 0.15) is 12.4 Å². The number of ether oxygens (including phenoxy) is 6. The third-order valence-corrected chi connectivity index (χ3v) is 9.59. The summed E-state index contributed by atoms with van der Waals surface area (Å²) in [4.78, 5) is 16.6. The summed E-state index contributed by atoms with van der Waals surface area (Å²) in [6.07, 6.45) is 3.61. The number of benzene rings is 2. The molecule has 0 unspecified atom stereocenters. The second-order valence-corrected chi connectivity index (χ2v) is 12.7. The van der Waals surface area contributed by atoms with E-state index in [1.54, 1.807) is 7.11 Å². The fraction of sp³-hybridized carbons (Fsp3) is 0.639. The molecular weight excluding hydrogens is 572 g/mol. The Kier molecular flexibility index (Phi) is 12.7. The maximum atomic E-state index is 14.1. The maximum absolute atomic E-state index is 14.1. The van der Waals surface area contributed by atoms with Crippen LogP contribution >= 0.6 is 0 Å². The third kappa shape index (κ3) is 8.84. The molecule has 9 nitrogen and oxygen atoms in total. The van der Waals surface area contributed by atoms with Gasteiger partial charge in [0, 0.05) is 31.2 Å². The summed E-state index contributed by atoms with van der Waals surface area (Å²) in [7, 11) is 1.66. The molecule has 1 aliphatic heterocycles. The van der Waals surface area contributed by atoms with E-state index in [1.807, 2.05) is 30.3 Å². The highest BCUT2D eigenvalue weighted by Gasteiger charge is 2.54. The normalized spacial score (nSPS) is 22.8. The summed E-state index contributed by atoms with van der Waals surface area (Å²) < 4.78 is 33.8. The highest BCUT2D eigenvalue weighted by Crippen LogP contribution is 2.53. The Morgan fingerprint density at radius 2 is 1.51 bits per heavy atom. The van der Waals surface area contributed by atoms with Gasteiger partial charge >= 0.3 is 0 Å². The van der Waals surface area contributed by atoms with Crippen LogP contribution < -0.4 is 10.1 Å². The van der Waals surface area contributed by atoms with Gasteiger partial charge in [-0.25, -0.2) is 0 Å². The number of carbonyl (C=O) groups excluding carboxylic acids is 1. The van der Waals surface area contributed by atoms with Crippen molar-refractivity contribution in [2.45, 2.75) is 51.2 Å². The fourth-order valence-corrected chi connectivity index (χ4v) is 6.71. The first-order valence-corrected chi connectivity index (χ1v) is 16.7. The van der Waals surface area contributed by atoms with E-state index < -0.39 is 0 Å². The van der Waals surface area contributed by atoms with Crippen molar-refractivity contribution < 1.29 is 33.2 Å². The van der Waals surface area contributed by atoms with E-state index in [9.17, 15) is 4.79 Å². The molecule has 3 aliphatic rings. The van der Waals surface area contributed by atoms with Gasteiger partial charge in [-0.05, 0) is 60.9 Å². The Bertz CT molecular complexity index is 1210. The Labute approximate surface area is 268 Å². The van der Waals surface area contributed by atoms with Crippen molar-refractivity contribution in [1.29, 1.82) is 0 Å². The molecule has 1 N–H and O–H groups in total. The predicted octanol–water partition coefficient (Wildman–Crippen LogP) is 4.96. The summed E-state index contributed by atoms with van der Waals surface area (Å²) in [6, 6.07) is 14.1. The number of likely N-dealkylation sites (tertiary alicyclic amines) is 1. The van der Waals surface area contributed by atoms with Crippen molar-refractivity contribution >= 4 is 11.5 Å². The highest BCUT2D eigenvalue weighted by molar-refractivity contribution is 6.05. The van der Waals surface area contributed by atoms with E-state index in [4.69, 9.17) is 28.4 Å². The standard InChI is InChI=1S/C36H52N2O7/c1-27-34-35(39)30-11-12-31(45-26-29-7-5-4-6-8-29)33(32(30)36(27,2)13-15-38(34)25-28-9-10-28)37-14-16-41-19-20-43-23-24-44-22-21-42-18-17-40-3/h4-8,11-12,27-28,34,37H,9-10,13-26H2,1-3H3/t27-,34-,36+/m0/s1. The molecule has 1 saturated carbocycles. The van der Waals surface area contributed by atoms with Gasteiger partial charge in [-0.15, -0.1) is 0 Å². The number of ketones is 1. The molecule has 0 radical (unpaired) electrons. The Morgan fingerprint density at radius 1 is 0.867 bits per heavy atom. The minimum absolute atomic E-state index is 0.0521. The smallest absolute Gasteiger partial charge is 0.180 e. The van der Waals surface area contributed by atoms with Crippen molar-refractivity contribution in [2.24, 2.45) is 11.8 Å². The lowest BCUT2D eigenvalue weighted by Gasteiger charge is -2.54. The lowest BCUT2D eigenvalue weighted by atomic mass is 9.58. The number of carbonyl (C=O) groups is 1.